The second-order valence-corrected chi connectivity index (χ2v) is 6.12. The lowest BCUT2D eigenvalue weighted by atomic mass is 10.2. The molecule has 3 rings (SSSR count). The van der Waals surface area contributed by atoms with E-state index >= 15 is 0 Å². The maximum atomic E-state index is 6.02. The van der Waals surface area contributed by atoms with Crippen LogP contribution < -0.4 is 4.74 Å². The molecule has 0 bridgehead atoms. The van der Waals surface area contributed by atoms with Crippen molar-refractivity contribution in [2.45, 2.75) is 6.92 Å². The number of ether oxygens (including phenoxy) is 1. The predicted molar refractivity (Wildman–Crippen MR) is 90.4 cm³/mol. The first-order valence-electron chi connectivity index (χ1n) is 6.36. The van der Waals surface area contributed by atoms with E-state index in [1.54, 1.807) is 12.1 Å². The molecular weight excluding hydrogens is 375 g/mol. The zero-order valence-corrected chi connectivity index (χ0v) is 14.2. The minimum Gasteiger partial charge on any atom is -0.493 e. The van der Waals surface area contributed by atoms with Crippen molar-refractivity contribution >= 4 is 50.2 Å². The van der Waals surface area contributed by atoms with Gasteiger partial charge in [0.15, 0.2) is 0 Å². The molecule has 0 saturated carbocycles. The van der Waals surface area contributed by atoms with Crippen LogP contribution in [0.2, 0.25) is 10.0 Å². The summed E-state index contributed by atoms with van der Waals surface area (Å²) in [5.74, 6) is 1.57. The monoisotopic (exact) mass is 384 g/mol. The fourth-order valence-electron chi connectivity index (χ4n) is 2.06. The van der Waals surface area contributed by atoms with Gasteiger partial charge in [0.2, 0.25) is 0 Å². The number of rotatable bonds is 3. The van der Waals surface area contributed by atoms with Crippen LogP contribution in [0.4, 0.5) is 0 Å². The van der Waals surface area contributed by atoms with Crippen molar-refractivity contribution < 1.29 is 4.74 Å². The second-order valence-electron chi connectivity index (χ2n) is 4.45. The van der Waals surface area contributed by atoms with E-state index in [1.165, 1.54) is 0 Å². The molecule has 0 aliphatic rings. The van der Waals surface area contributed by atoms with E-state index in [-0.39, 0.29) is 0 Å². The Morgan fingerprint density at radius 3 is 2.67 bits per heavy atom. The molecule has 2 aromatic carbocycles. The van der Waals surface area contributed by atoms with Crippen molar-refractivity contribution in [2.24, 2.45) is 0 Å². The number of aromatic amines is 1. The van der Waals surface area contributed by atoms with E-state index in [2.05, 4.69) is 25.9 Å². The number of hydrogen-bond donors (Lipinski definition) is 1. The van der Waals surface area contributed by atoms with Crippen molar-refractivity contribution in [1.29, 1.82) is 0 Å². The Hall–Kier alpha value is -1.23. The SMILES string of the molecule is CCOc1ccc(-c2nc3cc(Cl)c(Cl)cc3[nH]2)cc1Br. The number of imidazole rings is 1. The minimum absolute atomic E-state index is 0.495. The van der Waals surface area contributed by atoms with E-state index in [1.807, 2.05) is 25.1 Å². The molecule has 0 aliphatic heterocycles. The lowest BCUT2D eigenvalue weighted by molar-refractivity contribution is 0.338. The molecule has 3 nitrogen and oxygen atoms in total. The van der Waals surface area contributed by atoms with Crippen LogP contribution in [0.25, 0.3) is 22.4 Å². The third-order valence-electron chi connectivity index (χ3n) is 3.03. The van der Waals surface area contributed by atoms with Crippen LogP contribution in [0, 0.1) is 0 Å². The van der Waals surface area contributed by atoms with Crippen molar-refractivity contribution in [1.82, 2.24) is 9.97 Å². The number of benzene rings is 2. The van der Waals surface area contributed by atoms with Gasteiger partial charge in [-0.2, -0.15) is 0 Å². The summed E-state index contributed by atoms with van der Waals surface area (Å²) in [7, 11) is 0. The first-order chi connectivity index (χ1) is 10.1. The molecule has 0 unspecified atom stereocenters. The maximum absolute atomic E-state index is 6.02. The first kappa shape index (κ1) is 14.7. The fourth-order valence-corrected chi connectivity index (χ4v) is 2.88. The topological polar surface area (TPSA) is 37.9 Å². The zero-order valence-electron chi connectivity index (χ0n) is 11.1. The highest BCUT2D eigenvalue weighted by molar-refractivity contribution is 9.10. The molecule has 108 valence electrons. The third-order valence-corrected chi connectivity index (χ3v) is 4.37. The Morgan fingerprint density at radius 2 is 1.95 bits per heavy atom. The number of hydrogen-bond acceptors (Lipinski definition) is 2. The molecule has 21 heavy (non-hydrogen) atoms. The highest BCUT2D eigenvalue weighted by Gasteiger charge is 2.10. The minimum atomic E-state index is 0.495. The highest BCUT2D eigenvalue weighted by Crippen LogP contribution is 2.32. The van der Waals surface area contributed by atoms with Gasteiger partial charge in [-0.25, -0.2) is 4.98 Å². The van der Waals surface area contributed by atoms with Gasteiger partial charge >= 0.3 is 0 Å². The lowest BCUT2D eigenvalue weighted by Crippen LogP contribution is -1.92. The average Bonchev–Trinajstić information content (AvgIpc) is 2.84. The molecule has 0 atom stereocenters. The Kier molecular flexibility index (Phi) is 4.11. The van der Waals surface area contributed by atoms with Gasteiger partial charge in [0.1, 0.15) is 11.6 Å². The molecule has 0 fully saturated rings. The number of aromatic nitrogens is 2. The molecule has 0 radical (unpaired) electrons. The van der Waals surface area contributed by atoms with Gasteiger partial charge < -0.3 is 9.72 Å². The molecule has 1 aromatic heterocycles. The molecule has 0 aliphatic carbocycles. The number of nitrogens with zero attached hydrogens (tertiary/aromatic N) is 1. The smallest absolute Gasteiger partial charge is 0.138 e. The Morgan fingerprint density at radius 1 is 1.19 bits per heavy atom. The Labute approximate surface area is 140 Å². The van der Waals surface area contributed by atoms with Crippen molar-refractivity contribution in [2.75, 3.05) is 6.61 Å². The Balaban J connectivity index is 2.06. The van der Waals surface area contributed by atoms with Crippen LogP contribution >= 0.6 is 39.1 Å². The molecule has 1 N–H and O–H groups in total. The summed E-state index contributed by atoms with van der Waals surface area (Å²) in [6.45, 7) is 2.58. The molecule has 6 heteroatoms. The van der Waals surface area contributed by atoms with E-state index in [9.17, 15) is 0 Å². The third kappa shape index (κ3) is 2.89. The molecule has 0 saturated heterocycles. The van der Waals surface area contributed by atoms with Crippen LogP contribution in [-0.4, -0.2) is 16.6 Å². The summed E-state index contributed by atoms with van der Waals surface area (Å²) in [5.41, 5.74) is 2.59. The Bertz CT molecular complexity index is 778. The van der Waals surface area contributed by atoms with E-state index < -0.39 is 0 Å². The maximum Gasteiger partial charge on any atom is 0.138 e. The van der Waals surface area contributed by atoms with Gasteiger partial charge in [0, 0.05) is 5.56 Å². The summed E-state index contributed by atoms with van der Waals surface area (Å²) in [5, 5.41) is 1.00. The second kappa shape index (κ2) is 5.87. The lowest BCUT2D eigenvalue weighted by Gasteiger charge is -2.06. The zero-order chi connectivity index (χ0) is 15.0. The number of nitrogens with one attached hydrogen (secondary N) is 1. The molecule has 1 heterocycles. The number of fused-ring (bicyclic) bond motifs is 1. The van der Waals surface area contributed by atoms with Gasteiger partial charge in [0.25, 0.3) is 0 Å². The van der Waals surface area contributed by atoms with Gasteiger partial charge in [0.05, 0.1) is 32.2 Å². The normalized spacial score (nSPS) is 11.0. The van der Waals surface area contributed by atoms with E-state index in [0.717, 1.165) is 32.6 Å². The van der Waals surface area contributed by atoms with Gasteiger partial charge in [-0.1, -0.05) is 23.2 Å². The molecule has 0 spiro atoms. The summed E-state index contributed by atoms with van der Waals surface area (Å²) in [6.07, 6.45) is 0. The average molecular weight is 386 g/mol. The molecule has 3 aromatic rings. The van der Waals surface area contributed by atoms with Crippen molar-refractivity contribution in [3.8, 4) is 17.1 Å². The van der Waals surface area contributed by atoms with Gasteiger partial charge in [-0.3, -0.25) is 0 Å². The number of halogens is 3. The largest absolute Gasteiger partial charge is 0.493 e. The van der Waals surface area contributed by atoms with Crippen LogP contribution in [0.3, 0.4) is 0 Å². The van der Waals surface area contributed by atoms with Crippen LogP contribution in [-0.2, 0) is 0 Å². The van der Waals surface area contributed by atoms with E-state index in [0.29, 0.717) is 16.7 Å². The standard InChI is InChI=1S/C15H11BrCl2N2O/c1-2-21-14-4-3-8(5-9(14)16)15-19-12-6-10(17)11(18)7-13(12)20-15/h3-7H,2H2,1H3,(H,19,20). The summed E-state index contributed by atoms with van der Waals surface area (Å²) in [6, 6.07) is 9.36. The molecular formula is C15H11BrCl2N2O. The molecule has 0 amide bonds. The number of H-pyrrole nitrogens is 1. The first-order valence-corrected chi connectivity index (χ1v) is 7.91. The fraction of sp³-hybridized carbons (Fsp3) is 0.133. The van der Waals surface area contributed by atoms with Crippen LogP contribution in [0.1, 0.15) is 6.92 Å². The van der Waals surface area contributed by atoms with Gasteiger partial charge in [-0.05, 0) is 53.2 Å². The van der Waals surface area contributed by atoms with Crippen LogP contribution in [0.5, 0.6) is 5.75 Å². The predicted octanol–water partition coefficient (Wildman–Crippen LogP) is 5.70. The summed E-state index contributed by atoms with van der Waals surface area (Å²) in [4.78, 5) is 7.78. The quantitative estimate of drug-likeness (QED) is 0.628. The van der Waals surface area contributed by atoms with Gasteiger partial charge in [-0.15, -0.1) is 0 Å². The van der Waals surface area contributed by atoms with Crippen molar-refractivity contribution in [3.63, 3.8) is 0 Å². The summed E-state index contributed by atoms with van der Waals surface area (Å²) < 4.78 is 6.39. The van der Waals surface area contributed by atoms with E-state index in [4.69, 9.17) is 27.9 Å². The van der Waals surface area contributed by atoms with Crippen molar-refractivity contribution in [3.05, 3.63) is 44.8 Å². The van der Waals surface area contributed by atoms with Crippen LogP contribution in [0.15, 0.2) is 34.8 Å². The highest BCUT2D eigenvalue weighted by atomic mass is 79.9. The summed E-state index contributed by atoms with van der Waals surface area (Å²) >= 11 is 15.5.